The van der Waals surface area contributed by atoms with Gasteiger partial charge in [0, 0.05) is 19.5 Å². The smallest absolute Gasteiger partial charge is 0.223 e. The zero-order chi connectivity index (χ0) is 15.7. The van der Waals surface area contributed by atoms with E-state index in [1.807, 2.05) is 20.8 Å². The van der Waals surface area contributed by atoms with Crippen molar-refractivity contribution < 1.29 is 13.2 Å². The van der Waals surface area contributed by atoms with Crippen molar-refractivity contribution >= 4 is 15.7 Å². The van der Waals surface area contributed by atoms with E-state index in [1.165, 1.54) is 0 Å². The Bertz CT molecular complexity index is 602. The van der Waals surface area contributed by atoms with Gasteiger partial charge in [0.1, 0.15) is 0 Å². The van der Waals surface area contributed by atoms with Crippen LogP contribution in [0.2, 0.25) is 0 Å². The number of carbonyl (C=O) groups is 1. The molecule has 5 heteroatoms. The molecule has 1 aliphatic heterocycles. The highest BCUT2D eigenvalue weighted by molar-refractivity contribution is 7.92. The number of rotatable bonds is 3. The van der Waals surface area contributed by atoms with E-state index in [1.54, 1.807) is 35.2 Å². The van der Waals surface area contributed by atoms with E-state index in [0.717, 1.165) is 0 Å². The third-order valence-corrected chi connectivity index (χ3v) is 5.88. The van der Waals surface area contributed by atoms with E-state index in [9.17, 15) is 13.2 Å². The van der Waals surface area contributed by atoms with Crippen molar-refractivity contribution in [2.45, 2.75) is 43.8 Å². The molecule has 0 radical (unpaired) electrons. The van der Waals surface area contributed by atoms with Gasteiger partial charge in [-0.1, -0.05) is 39.0 Å². The van der Waals surface area contributed by atoms with Gasteiger partial charge in [-0.25, -0.2) is 8.42 Å². The number of benzene rings is 1. The first-order valence-electron chi connectivity index (χ1n) is 7.27. The van der Waals surface area contributed by atoms with Gasteiger partial charge in [-0.2, -0.15) is 0 Å². The topological polar surface area (TPSA) is 54.5 Å². The summed E-state index contributed by atoms with van der Waals surface area (Å²) in [5.41, 5.74) is -0.0759. The van der Waals surface area contributed by atoms with Crippen LogP contribution in [0.25, 0.3) is 0 Å². The first kappa shape index (κ1) is 16.0. The maximum atomic E-state index is 12.5. The predicted octanol–water partition coefficient (Wildman–Crippen LogP) is 2.50. The third-order valence-electron chi connectivity index (χ3n) is 3.69. The number of sulfone groups is 1. The van der Waals surface area contributed by atoms with E-state index < -0.39 is 15.1 Å². The Morgan fingerprint density at radius 2 is 1.86 bits per heavy atom. The van der Waals surface area contributed by atoms with Crippen LogP contribution in [-0.2, 0) is 14.6 Å². The molecule has 1 heterocycles. The van der Waals surface area contributed by atoms with Crippen molar-refractivity contribution in [3.05, 3.63) is 30.3 Å². The van der Waals surface area contributed by atoms with Gasteiger partial charge in [0.05, 0.1) is 10.1 Å². The van der Waals surface area contributed by atoms with E-state index in [0.29, 0.717) is 30.8 Å². The minimum absolute atomic E-state index is 0.0493. The van der Waals surface area contributed by atoms with Crippen LogP contribution in [0.4, 0.5) is 0 Å². The van der Waals surface area contributed by atoms with E-state index in [2.05, 4.69) is 0 Å². The Hall–Kier alpha value is -1.36. The van der Waals surface area contributed by atoms with Crippen LogP contribution >= 0.6 is 0 Å². The highest BCUT2D eigenvalue weighted by Gasteiger charge is 2.36. The molecule has 4 nitrogen and oxygen atoms in total. The molecule has 0 aromatic heterocycles. The van der Waals surface area contributed by atoms with Gasteiger partial charge >= 0.3 is 0 Å². The Morgan fingerprint density at radius 1 is 1.24 bits per heavy atom. The summed E-state index contributed by atoms with van der Waals surface area (Å²) < 4.78 is 25.1. The largest absolute Gasteiger partial charge is 0.341 e. The molecule has 116 valence electrons. The minimum atomic E-state index is -3.34. The van der Waals surface area contributed by atoms with Crippen LogP contribution in [0, 0.1) is 5.41 Å². The van der Waals surface area contributed by atoms with Crippen molar-refractivity contribution in [3.8, 4) is 0 Å². The molecule has 1 aromatic rings. The molecule has 1 fully saturated rings. The van der Waals surface area contributed by atoms with Crippen LogP contribution < -0.4 is 0 Å². The van der Waals surface area contributed by atoms with Crippen molar-refractivity contribution in [1.82, 2.24) is 4.90 Å². The van der Waals surface area contributed by atoms with Gasteiger partial charge in [0.25, 0.3) is 0 Å². The minimum Gasteiger partial charge on any atom is -0.341 e. The lowest BCUT2D eigenvalue weighted by Crippen LogP contribution is -2.34. The Balaban J connectivity index is 2.07. The summed E-state index contributed by atoms with van der Waals surface area (Å²) >= 11 is 0. The third kappa shape index (κ3) is 3.84. The molecule has 1 saturated heterocycles. The molecule has 0 spiro atoms. The van der Waals surface area contributed by atoms with Gasteiger partial charge in [-0.3, -0.25) is 4.79 Å². The molecule has 21 heavy (non-hydrogen) atoms. The normalized spacial score (nSPS) is 19.8. The average molecular weight is 309 g/mol. The summed E-state index contributed by atoms with van der Waals surface area (Å²) in [6.45, 7) is 6.88. The van der Waals surface area contributed by atoms with Gasteiger partial charge in [-0.05, 0) is 24.0 Å². The number of likely N-dealkylation sites (tertiary alicyclic amines) is 1. The number of nitrogens with zero attached hydrogens (tertiary/aromatic N) is 1. The molecule has 0 saturated carbocycles. The molecule has 1 atom stereocenters. The summed E-state index contributed by atoms with van der Waals surface area (Å²) in [4.78, 5) is 14.2. The standard InChI is InChI=1S/C16H23NO3S/c1-16(2,3)11-15(18)17-10-9-14(12-17)21(19,20)13-7-5-4-6-8-13/h4-8,14H,9-12H2,1-3H3. The number of hydrogen-bond acceptors (Lipinski definition) is 3. The highest BCUT2D eigenvalue weighted by Crippen LogP contribution is 2.26. The van der Waals surface area contributed by atoms with Crippen molar-refractivity contribution in [2.75, 3.05) is 13.1 Å². The predicted molar refractivity (Wildman–Crippen MR) is 82.7 cm³/mol. The van der Waals surface area contributed by atoms with Gasteiger partial charge in [-0.15, -0.1) is 0 Å². The van der Waals surface area contributed by atoms with Crippen LogP contribution in [0.3, 0.4) is 0 Å². The maximum Gasteiger partial charge on any atom is 0.223 e. The number of hydrogen-bond donors (Lipinski definition) is 0. The molecule has 0 aliphatic carbocycles. The Labute approximate surface area is 127 Å². The molecule has 1 aromatic carbocycles. The SMILES string of the molecule is CC(C)(C)CC(=O)N1CCC(S(=O)(=O)c2ccccc2)C1. The quantitative estimate of drug-likeness (QED) is 0.862. The number of amides is 1. The van der Waals surface area contributed by atoms with Crippen LogP contribution in [0.15, 0.2) is 35.2 Å². The highest BCUT2D eigenvalue weighted by atomic mass is 32.2. The van der Waals surface area contributed by atoms with E-state index >= 15 is 0 Å². The van der Waals surface area contributed by atoms with Crippen molar-refractivity contribution in [1.29, 1.82) is 0 Å². The maximum absolute atomic E-state index is 12.5. The molecule has 0 N–H and O–H groups in total. The fraction of sp³-hybridized carbons (Fsp3) is 0.562. The lowest BCUT2D eigenvalue weighted by atomic mass is 9.92. The van der Waals surface area contributed by atoms with Crippen molar-refractivity contribution in [3.63, 3.8) is 0 Å². The second-order valence-corrected chi connectivity index (χ2v) is 9.07. The summed E-state index contributed by atoms with van der Waals surface area (Å²) in [5, 5.41) is -0.483. The van der Waals surface area contributed by atoms with Gasteiger partial charge in [0.15, 0.2) is 9.84 Å². The summed E-state index contributed by atoms with van der Waals surface area (Å²) in [6, 6.07) is 8.49. The summed E-state index contributed by atoms with van der Waals surface area (Å²) in [5.74, 6) is 0.0493. The molecular weight excluding hydrogens is 286 g/mol. The second-order valence-electron chi connectivity index (χ2n) is 6.85. The molecule has 2 rings (SSSR count). The second kappa shape index (κ2) is 5.79. The van der Waals surface area contributed by atoms with Gasteiger partial charge in [0.2, 0.25) is 5.91 Å². The fourth-order valence-corrected chi connectivity index (χ4v) is 4.29. The zero-order valence-corrected chi connectivity index (χ0v) is 13.7. The first-order chi connectivity index (χ1) is 9.70. The number of carbonyl (C=O) groups excluding carboxylic acids is 1. The lowest BCUT2D eigenvalue weighted by Gasteiger charge is -2.23. The van der Waals surface area contributed by atoms with E-state index in [-0.39, 0.29) is 11.3 Å². The summed E-state index contributed by atoms with van der Waals surface area (Å²) in [7, 11) is -3.34. The molecular formula is C16H23NO3S. The van der Waals surface area contributed by atoms with E-state index in [4.69, 9.17) is 0 Å². The Kier molecular flexibility index (Phi) is 4.42. The Morgan fingerprint density at radius 3 is 2.43 bits per heavy atom. The monoisotopic (exact) mass is 309 g/mol. The van der Waals surface area contributed by atoms with Crippen LogP contribution in [-0.4, -0.2) is 37.6 Å². The van der Waals surface area contributed by atoms with Crippen LogP contribution in [0.1, 0.15) is 33.6 Å². The zero-order valence-electron chi connectivity index (χ0n) is 12.9. The summed E-state index contributed by atoms with van der Waals surface area (Å²) in [6.07, 6.45) is 0.970. The van der Waals surface area contributed by atoms with Crippen molar-refractivity contribution in [2.24, 2.45) is 5.41 Å². The molecule has 1 aliphatic rings. The molecule has 0 bridgehead atoms. The fourth-order valence-electron chi connectivity index (χ4n) is 2.58. The lowest BCUT2D eigenvalue weighted by molar-refractivity contribution is -0.131. The molecule has 1 amide bonds. The molecule has 1 unspecified atom stereocenters. The van der Waals surface area contributed by atoms with Crippen LogP contribution in [0.5, 0.6) is 0 Å². The van der Waals surface area contributed by atoms with Gasteiger partial charge < -0.3 is 4.90 Å². The first-order valence-corrected chi connectivity index (χ1v) is 8.81. The average Bonchev–Trinajstić information content (AvgIpc) is 2.88.